The number of carbonyl (C=O) groups is 3. The fraction of sp³-hybridized carbons (Fsp3) is 0.500. The number of amides is 1. The number of hydrogen-bond donors (Lipinski definition) is 2. The lowest BCUT2D eigenvalue weighted by Gasteiger charge is -2.52. The summed E-state index contributed by atoms with van der Waals surface area (Å²) in [6, 6.07) is 0. The number of carboxylic acids is 1. The molecule has 0 spiro atoms. The van der Waals surface area contributed by atoms with Gasteiger partial charge in [0.05, 0.1) is 0 Å². The second-order valence-electron chi connectivity index (χ2n) is 5.93. The summed E-state index contributed by atoms with van der Waals surface area (Å²) in [6.45, 7) is 1.96. The number of carboxylic acid groups (broad SMARTS) is 1. The summed E-state index contributed by atoms with van der Waals surface area (Å²) in [4.78, 5) is 37.0. The molecule has 2 saturated heterocycles. The summed E-state index contributed by atoms with van der Waals surface area (Å²) < 4.78 is 9.78. The number of halogens is 1. The number of alkyl halides is 1. The Morgan fingerprint density at radius 2 is 2.36 bits per heavy atom. The lowest BCUT2D eigenvalue weighted by Crippen LogP contribution is -2.73. The zero-order valence-electron chi connectivity index (χ0n) is 13.0. The number of β-lactam (4-membered cyclic amide) rings is 1. The molecular formula is C14H14BrN3O6S. The molecule has 0 aromatic rings. The van der Waals surface area contributed by atoms with Crippen LogP contribution in [0.25, 0.3) is 0 Å². The Kier molecular flexibility index (Phi) is 3.78. The number of carbonyl (C=O) groups excluding carboxylic acids is 2. The highest BCUT2D eigenvalue weighted by molar-refractivity contribution is 9.10. The molecule has 0 bridgehead atoms. The number of esters is 1. The van der Waals surface area contributed by atoms with Crippen molar-refractivity contribution in [3.8, 4) is 0 Å². The minimum Gasteiger partial charge on any atom is -0.477 e. The smallest absolute Gasteiger partial charge is 0.353 e. The summed E-state index contributed by atoms with van der Waals surface area (Å²) in [7, 11) is 0. The molecule has 11 heteroatoms. The van der Waals surface area contributed by atoms with Gasteiger partial charge in [-0.1, -0.05) is 15.9 Å². The van der Waals surface area contributed by atoms with Gasteiger partial charge in [-0.3, -0.25) is 19.5 Å². The van der Waals surface area contributed by atoms with Gasteiger partial charge in [0, 0.05) is 25.3 Å². The van der Waals surface area contributed by atoms with E-state index in [0.717, 1.165) is 6.42 Å². The molecule has 25 heavy (non-hydrogen) atoms. The molecule has 3 unspecified atom stereocenters. The van der Waals surface area contributed by atoms with Crippen molar-refractivity contribution in [1.29, 1.82) is 0 Å². The van der Waals surface area contributed by atoms with E-state index < -0.39 is 33.6 Å². The second-order valence-corrected chi connectivity index (χ2v) is 8.20. The van der Waals surface area contributed by atoms with E-state index in [0.29, 0.717) is 12.2 Å². The van der Waals surface area contributed by atoms with E-state index in [4.69, 9.17) is 9.47 Å². The van der Waals surface area contributed by atoms with Crippen LogP contribution >= 0.6 is 27.7 Å². The Hall–Kier alpha value is -1.72. The van der Waals surface area contributed by atoms with Crippen molar-refractivity contribution in [2.75, 3.05) is 6.54 Å². The summed E-state index contributed by atoms with van der Waals surface area (Å²) in [6.07, 6.45) is 1.07. The molecule has 4 rings (SSSR count). The lowest BCUT2D eigenvalue weighted by molar-refractivity contribution is -0.161. The molecule has 1 amide bonds. The standard InChI is InChI=1S/C14H14BrN3O6S/c1-6(19)24-10(7-4-23-9-2-3-16-18(7)9)14(15)12(22)17-8(11(20)21)5-25-13(14)17/h4-5,9-10,13,16H,2-3H2,1H3,(H,20,21)/t9?,10?,13-,14?/m1/s1. The quantitative estimate of drug-likeness (QED) is 0.369. The van der Waals surface area contributed by atoms with Gasteiger partial charge in [-0.05, 0) is 0 Å². The molecule has 4 aliphatic rings. The molecular weight excluding hydrogens is 418 g/mol. The predicted molar refractivity (Wildman–Crippen MR) is 88.6 cm³/mol. The Bertz CT molecular complexity index is 742. The van der Waals surface area contributed by atoms with Crippen LogP contribution in [0.5, 0.6) is 0 Å². The molecule has 4 heterocycles. The van der Waals surface area contributed by atoms with Crippen molar-refractivity contribution in [1.82, 2.24) is 15.3 Å². The van der Waals surface area contributed by atoms with Gasteiger partial charge < -0.3 is 14.6 Å². The van der Waals surface area contributed by atoms with Crippen LogP contribution in [0.2, 0.25) is 0 Å². The Balaban J connectivity index is 1.66. The highest BCUT2D eigenvalue weighted by Crippen LogP contribution is 2.55. The SMILES string of the molecule is CC(=O)OC(C1=COC2CCNN12)C1(Br)C(=O)N2C(C(=O)O)=CS[C@@H]21. The first kappa shape index (κ1) is 16.7. The lowest BCUT2D eigenvalue weighted by atomic mass is 9.88. The third-order valence-electron chi connectivity index (χ3n) is 4.45. The minimum absolute atomic E-state index is 0.0783. The third-order valence-corrected chi connectivity index (χ3v) is 7.14. The normalized spacial score (nSPS) is 33.8. The number of nitrogens with zero attached hydrogens (tertiary/aromatic N) is 2. The van der Waals surface area contributed by atoms with Crippen molar-refractivity contribution >= 4 is 45.5 Å². The van der Waals surface area contributed by atoms with E-state index in [-0.39, 0.29) is 11.9 Å². The first-order valence-electron chi connectivity index (χ1n) is 7.52. The number of hydrogen-bond acceptors (Lipinski definition) is 8. The van der Waals surface area contributed by atoms with Crippen LogP contribution in [-0.2, 0) is 23.9 Å². The summed E-state index contributed by atoms with van der Waals surface area (Å²) in [5, 5.41) is 11.9. The zero-order chi connectivity index (χ0) is 17.9. The van der Waals surface area contributed by atoms with Gasteiger partial charge in [-0.15, -0.1) is 11.8 Å². The number of fused-ring (bicyclic) bond motifs is 2. The molecule has 0 aromatic carbocycles. The second kappa shape index (κ2) is 5.64. The molecule has 2 N–H and O–H groups in total. The van der Waals surface area contributed by atoms with Crippen LogP contribution in [0.15, 0.2) is 23.1 Å². The molecule has 4 atom stereocenters. The van der Waals surface area contributed by atoms with Crippen molar-refractivity contribution in [2.24, 2.45) is 0 Å². The molecule has 0 aromatic heterocycles. The van der Waals surface area contributed by atoms with Gasteiger partial charge in [0.1, 0.15) is 23.0 Å². The van der Waals surface area contributed by atoms with E-state index in [1.54, 1.807) is 5.01 Å². The van der Waals surface area contributed by atoms with Crippen LogP contribution in [0, 0.1) is 0 Å². The average molecular weight is 432 g/mol. The Morgan fingerprint density at radius 1 is 1.60 bits per heavy atom. The van der Waals surface area contributed by atoms with Gasteiger partial charge in [0.25, 0.3) is 5.91 Å². The monoisotopic (exact) mass is 431 g/mol. The van der Waals surface area contributed by atoms with Crippen molar-refractivity contribution in [3.05, 3.63) is 23.1 Å². The fourth-order valence-corrected chi connectivity index (χ4v) is 5.61. The first-order chi connectivity index (χ1) is 11.9. The predicted octanol–water partition coefficient (Wildman–Crippen LogP) is 0.301. The fourth-order valence-electron chi connectivity index (χ4n) is 3.34. The molecule has 0 saturated carbocycles. The highest BCUT2D eigenvalue weighted by atomic mass is 79.9. The average Bonchev–Trinajstić information content (AvgIpc) is 3.24. The number of nitrogens with one attached hydrogen (secondary N) is 1. The molecule has 0 aliphatic carbocycles. The maximum absolute atomic E-state index is 12.8. The summed E-state index contributed by atoms with van der Waals surface area (Å²) >= 11 is 4.65. The third kappa shape index (κ3) is 2.22. The summed E-state index contributed by atoms with van der Waals surface area (Å²) in [5.41, 5.74) is 3.58. The maximum atomic E-state index is 12.8. The van der Waals surface area contributed by atoms with Crippen molar-refractivity contribution in [2.45, 2.75) is 35.4 Å². The highest BCUT2D eigenvalue weighted by Gasteiger charge is 2.70. The number of hydrazine groups is 1. The van der Waals surface area contributed by atoms with E-state index in [2.05, 4.69) is 21.4 Å². The van der Waals surface area contributed by atoms with Crippen molar-refractivity contribution in [3.63, 3.8) is 0 Å². The van der Waals surface area contributed by atoms with Gasteiger partial charge in [0.2, 0.25) is 0 Å². The topological polar surface area (TPSA) is 108 Å². The van der Waals surface area contributed by atoms with Gasteiger partial charge >= 0.3 is 11.9 Å². The molecule has 134 valence electrons. The number of aliphatic carboxylic acids is 1. The van der Waals surface area contributed by atoms with Crippen LogP contribution < -0.4 is 5.43 Å². The van der Waals surface area contributed by atoms with Gasteiger partial charge in [-0.2, -0.15) is 0 Å². The first-order valence-corrected chi connectivity index (χ1v) is 9.26. The minimum atomic E-state index is -1.27. The Labute approximate surface area is 155 Å². The number of ether oxygens (including phenoxy) is 2. The number of thioether (sulfide) groups is 1. The van der Waals surface area contributed by atoms with Crippen LogP contribution in [0.1, 0.15) is 13.3 Å². The van der Waals surface area contributed by atoms with E-state index in [9.17, 15) is 19.5 Å². The van der Waals surface area contributed by atoms with Gasteiger partial charge in [-0.25, -0.2) is 10.2 Å². The molecule has 0 radical (unpaired) electrons. The van der Waals surface area contributed by atoms with Crippen molar-refractivity contribution < 1.29 is 29.0 Å². The van der Waals surface area contributed by atoms with Crippen LogP contribution in [0.4, 0.5) is 0 Å². The zero-order valence-corrected chi connectivity index (χ0v) is 15.4. The van der Waals surface area contributed by atoms with Crippen LogP contribution in [0.3, 0.4) is 0 Å². The van der Waals surface area contributed by atoms with Gasteiger partial charge in [0.15, 0.2) is 16.7 Å². The summed E-state index contributed by atoms with van der Waals surface area (Å²) in [5.74, 6) is -2.19. The van der Waals surface area contributed by atoms with E-state index in [1.165, 1.54) is 35.3 Å². The number of rotatable bonds is 4. The van der Waals surface area contributed by atoms with E-state index >= 15 is 0 Å². The maximum Gasteiger partial charge on any atom is 0.353 e. The van der Waals surface area contributed by atoms with E-state index in [1.807, 2.05) is 0 Å². The Morgan fingerprint density at radius 3 is 3.04 bits per heavy atom. The molecule has 4 aliphatic heterocycles. The molecule has 2 fully saturated rings. The van der Waals surface area contributed by atoms with Crippen LogP contribution in [-0.4, -0.2) is 61.4 Å². The molecule has 9 nitrogen and oxygen atoms in total. The largest absolute Gasteiger partial charge is 0.477 e.